The van der Waals surface area contributed by atoms with Crippen molar-refractivity contribution >= 4 is 36.3 Å². The Hall–Kier alpha value is -2.31. The average Bonchev–Trinajstić information content (AvgIpc) is 3.11. The molecule has 3 rings (SSSR count). The highest BCUT2D eigenvalue weighted by Gasteiger charge is 2.14. The van der Waals surface area contributed by atoms with Crippen molar-refractivity contribution in [3.63, 3.8) is 0 Å². The van der Waals surface area contributed by atoms with E-state index in [9.17, 15) is 0 Å². The minimum absolute atomic E-state index is 0.953. The summed E-state index contributed by atoms with van der Waals surface area (Å²) in [6.07, 6.45) is 3.26. The molecule has 0 unspecified atom stereocenters. The lowest BCUT2D eigenvalue weighted by Gasteiger charge is -2.09. The van der Waals surface area contributed by atoms with Gasteiger partial charge in [0.2, 0.25) is 0 Å². The summed E-state index contributed by atoms with van der Waals surface area (Å²) < 4.78 is 0. The molecule has 0 N–H and O–H groups in total. The van der Waals surface area contributed by atoms with Crippen LogP contribution in [0.3, 0.4) is 0 Å². The first-order valence-electron chi connectivity index (χ1n) is 10.2. The van der Waals surface area contributed by atoms with E-state index < -0.39 is 0 Å². The van der Waals surface area contributed by atoms with Gasteiger partial charge in [0, 0.05) is 22.0 Å². The van der Waals surface area contributed by atoms with E-state index in [2.05, 4.69) is 85.7 Å². The number of allylic oxidation sites excluding steroid dienone is 2. The van der Waals surface area contributed by atoms with E-state index in [0.717, 1.165) is 29.2 Å². The Morgan fingerprint density at radius 3 is 1.55 bits per heavy atom. The maximum absolute atomic E-state index is 5.00. The van der Waals surface area contributed by atoms with E-state index >= 15 is 0 Å². The summed E-state index contributed by atoms with van der Waals surface area (Å²) in [6, 6.07) is 8.84. The molecule has 150 valence electrons. The molecule has 1 aliphatic heterocycles. The predicted octanol–water partition coefficient (Wildman–Crippen LogP) is 7.83. The Morgan fingerprint density at radius 2 is 1.10 bits per heavy atom. The van der Waals surface area contributed by atoms with E-state index in [1.807, 2.05) is 0 Å². The molecule has 2 nitrogen and oxygen atoms in total. The van der Waals surface area contributed by atoms with Gasteiger partial charge < -0.3 is 0 Å². The molecule has 2 aromatic carbocycles. The highest BCUT2D eigenvalue weighted by Crippen LogP contribution is 2.32. The Balaban J connectivity index is 1.88. The van der Waals surface area contributed by atoms with Crippen LogP contribution in [0.1, 0.15) is 53.6 Å². The van der Waals surface area contributed by atoms with Crippen molar-refractivity contribution in [2.45, 2.75) is 61.8 Å². The van der Waals surface area contributed by atoms with E-state index in [-0.39, 0.29) is 0 Å². The summed E-state index contributed by atoms with van der Waals surface area (Å²) in [7, 11) is 1.23. The zero-order valence-corrected chi connectivity index (χ0v) is 19.8. The quantitative estimate of drug-likeness (QED) is 0.368. The summed E-state index contributed by atoms with van der Waals surface area (Å²) in [5.74, 6) is 0. The number of benzene rings is 2. The fourth-order valence-electron chi connectivity index (χ4n) is 4.04. The van der Waals surface area contributed by atoms with Gasteiger partial charge in [0.05, 0.1) is 11.4 Å². The molecule has 0 fully saturated rings. The van der Waals surface area contributed by atoms with Crippen LogP contribution in [-0.2, 0) is 0 Å². The SMILES string of the molecule is C/C(=N\c1c(C)cc(C)cc1C)C1=CCC(/C(C)=N/c2c(C)cc(C)cc2C)=P1. The van der Waals surface area contributed by atoms with E-state index in [4.69, 9.17) is 9.98 Å². The number of nitrogens with zero attached hydrogens (tertiary/aromatic N) is 2. The van der Waals surface area contributed by atoms with Crippen LogP contribution in [0.25, 0.3) is 0 Å². The van der Waals surface area contributed by atoms with Gasteiger partial charge in [-0.15, -0.1) is 0 Å². The van der Waals surface area contributed by atoms with E-state index in [0.29, 0.717) is 0 Å². The predicted molar refractivity (Wildman–Crippen MR) is 131 cm³/mol. The molecular formula is C26H31N2P. The van der Waals surface area contributed by atoms with Gasteiger partial charge in [0.1, 0.15) is 0 Å². The summed E-state index contributed by atoms with van der Waals surface area (Å²) in [5.41, 5.74) is 12.0. The zero-order chi connectivity index (χ0) is 21.3. The van der Waals surface area contributed by atoms with E-state index in [1.165, 1.54) is 52.2 Å². The lowest BCUT2D eigenvalue weighted by atomic mass is 10.1. The maximum Gasteiger partial charge on any atom is 0.0691 e. The Morgan fingerprint density at radius 1 is 0.690 bits per heavy atom. The van der Waals surface area contributed by atoms with Crippen LogP contribution >= 0.6 is 8.20 Å². The van der Waals surface area contributed by atoms with Crippen LogP contribution in [0.5, 0.6) is 0 Å². The molecule has 3 heteroatoms. The third-order valence-corrected chi connectivity index (χ3v) is 6.89. The van der Waals surface area contributed by atoms with Crippen LogP contribution in [-0.4, -0.2) is 16.7 Å². The van der Waals surface area contributed by atoms with Crippen LogP contribution in [0.4, 0.5) is 11.4 Å². The van der Waals surface area contributed by atoms with Gasteiger partial charge in [0.25, 0.3) is 0 Å². The molecule has 0 radical (unpaired) electrons. The molecule has 0 saturated heterocycles. The second-order valence-corrected chi connectivity index (χ2v) is 9.49. The molecule has 0 amide bonds. The fraction of sp³-hybridized carbons (Fsp3) is 0.346. The Bertz CT molecular complexity index is 1050. The molecule has 1 heterocycles. The molecule has 0 atom stereocenters. The van der Waals surface area contributed by atoms with Crippen molar-refractivity contribution in [2.75, 3.05) is 0 Å². The molecule has 29 heavy (non-hydrogen) atoms. The van der Waals surface area contributed by atoms with Gasteiger partial charge in [-0.05, 0) is 84.1 Å². The number of hydrogen-bond donors (Lipinski definition) is 0. The van der Waals surface area contributed by atoms with Gasteiger partial charge in [-0.2, -0.15) is 0 Å². The van der Waals surface area contributed by atoms with Gasteiger partial charge in [0.15, 0.2) is 0 Å². The normalized spacial score (nSPS) is 15.4. The summed E-state index contributed by atoms with van der Waals surface area (Å²) in [6.45, 7) is 17.1. The Kier molecular flexibility index (Phi) is 6.34. The summed E-state index contributed by atoms with van der Waals surface area (Å²) in [5, 5.41) is 2.66. The van der Waals surface area contributed by atoms with Crippen molar-refractivity contribution in [2.24, 2.45) is 9.98 Å². The minimum Gasteiger partial charge on any atom is -0.253 e. The molecule has 0 aliphatic carbocycles. The van der Waals surface area contributed by atoms with E-state index in [1.54, 1.807) is 0 Å². The fourth-order valence-corrected chi connectivity index (χ4v) is 5.12. The van der Waals surface area contributed by atoms with Crippen molar-refractivity contribution in [3.8, 4) is 0 Å². The van der Waals surface area contributed by atoms with Gasteiger partial charge in [-0.1, -0.05) is 49.7 Å². The highest BCUT2D eigenvalue weighted by atomic mass is 31.1. The number of hydrogen-bond acceptors (Lipinski definition) is 2. The molecule has 0 spiro atoms. The Labute approximate surface area is 177 Å². The summed E-state index contributed by atoms with van der Waals surface area (Å²) in [4.78, 5) is 9.98. The molecule has 2 aromatic rings. The van der Waals surface area contributed by atoms with Gasteiger partial charge in [-0.3, -0.25) is 9.98 Å². The smallest absolute Gasteiger partial charge is 0.0691 e. The van der Waals surface area contributed by atoms with Crippen LogP contribution in [0.15, 0.2) is 45.6 Å². The van der Waals surface area contributed by atoms with Gasteiger partial charge >= 0.3 is 0 Å². The van der Waals surface area contributed by atoms with Crippen molar-refractivity contribution < 1.29 is 0 Å². The molecule has 0 saturated carbocycles. The molecule has 1 aliphatic rings. The summed E-state index contributed by atoms with van der Waals surface area (Å²) >= 11 is 0. The first-order chi connectivity index (χ1) is 13.7. The van der Waals surface area contributed by atoms with Crippen LogP contribution in [0.2, 0.25) is 0 Å². The maximum atomic E-state index is 5.00. The van der Waals surface area contributed by atoms with Gasteiger partial charge in [-0.25, -0.2) is 0 Å². The average molecular weight is 403 g/mol. The standard InChI is InChI=1S/C26H31N2P/c1-15-11-17(3)25(18(4)12-15)27-21(7)23-9-10-24(29-23)22(8)28-26-19(5)13-16(2)14-20(26)6/h9,11-14H,10H2,1-8H3/b27-21+,28-22+. The largest absolute Gasteiger partial charge is 0.253 e. The lowest BCUT2D eigenvalue weighted by Crippen LogP contribution is -2.05. The third-order valence-electron chi connectivity index (χ3n) is 5.36. The first-order valence-corrected chi connectivity index (χ1v) is 11.1. The molecule has 0 bridgehead atoms. The van der Waals surface area contributed by atoms with Crippen LogP contribution < -0.4 is 0 Å². The third kappa shape index (κ3) is 4.82. The van der Waals surface area contributed by atoms with Crippen molar-refractivity contribution in [1.82, 2.24) is 0 Å². The first kappa shape index (κ1) is 21.4. The monoisotopic (exact) mass is 402 g/mol. The number of aryl methyl sites for hydroxylation is 6. The zero-order valence-electron chi connectivity index (χ0n) is 18.9. The second-order valence-electron chi connectivity index (χ2n) is 8.24. The molecular weight excluding hydrogens is 371 g/mol. The van der Waals surface area contributed by atoms with Crippen LogP contribution in [0, 0.1) is 41.5 Å². The molecule has 0 aromatic heterocycles. The van der Waals surface area contributed by atoms with Crippen molar-refractivity contribution in [1.29, 1.82) is 0 Å². The minimum atomic E-state index is 0.953. The lowest BCUT2D eigenvalue weighted by molar-refractivity contribution is 1.28. The van der Waals surface area contributed by atoms with Crippen molar-refractivity contribution in [3.05, 3.63) is 69.0 Å². The highest BCUT2D eigenvalue weighted by molar-refractivity contribution is 7.50. The number of aliphatic imine (C=N–C) groups is 2. The number of rotatable bonds is 4. The topological polar surface area (TPSA) is 24.7 Å². The second kappa shape index (κ2) is 8.59.